The molecule has 3 nitrogen and oxygen atoms in total. The van der Waals surface area contributed by atoms with Crippen LogP contribution in [0.25, 0.3) is 11.3 Å². The number of hydrogen-bond acceptors (Lipinski definition) is 3. The number of anilines is 1. The van der Waals surface area contributed by atoms with Crippen LogP contribution in [0.1, 0.15) is 30.3 Å². The molecular weight excluding hydrogens is 222 g/mol. The second-order valence-electron chi connectivity index (χ2n) is 4.66. The first-order valence-corrected chi connectivity index (χ1v) is 6.31. The van der Waals surface area contributed by atoms with Gasteiger partial charge in [-0.15, -0.1) is 0 Å². The van der Waals surface area contributed by atoms with Gasteiger partial charge in [-0.2, -0.15) is 0 Å². The van der Waals surface area contributed by atoms with E-state index in [4.69, 9.17) is 5.73 Å². The number of aromatic nitrogens is 2. The summed E-state index contributed by atoms with van der Waals surface area (Å²) >= 11 is 0. The Morgan fingerprint density at radius 2 is 1.89 bits per heavy atom. The smallest absolute Gasteiger partial charge is 0.131 e. The van der Waals surface area contributed by atoms with Gasteiger partial charge in [-0.3, -0.25) is 0 Å². The number of nitrogens with two attached hydrogens (primary N) is 1. The maximum atomic E-state index is 5.86. The van der Waals surface area contributed by atoms with E-state index in [1.165, 1.54) is 11.1 Å². The van der Waals surface area contributed by atoms with Crippen molar-refractivity contribution >= 4 is 5.82 Å². The van der Waals surface area contributed by atoms with Gasteiger partial charge in [0.2, 0.25) is 0 Å². The molecule has 0 unspecified atom stereocenters. The Balaban J connectivity index is 2.49. The van der Waals surface area contributed by atoms with Crippen LogP contribution in [-0.4, -0.2) is 9.97 Å². The average molecular weight is 241 g/mol. The predicted molar refractivity (Wildman–Crippen MR) is 75.3 cm³/mol. The fourth-order valence-corrected chi connectivity index (χ4v) is 2.09. The van der Waals surface area contributed by atoms with Gasteiger partial charge in [0.15, 0.2) is 0 Å². The molecule has 1 heterocycles. The number of rotatable bonds is 3. The summed E-state index contributed by atoms with van der Waals surface area (Å²) < 4.78 is 0. The molecular formula is C15H19N3. The Morgan fingerprint density at radius 1 is 1.11 bits per heavy atom. The summed E-state index contributed by atoms with van der Waals surface area (Å²) in [5.74, 6) is 1.37. The normalized spacial score (nSPS) is 10.6. The van der Waals surface area contributed by atoms with Crippen molar-refractivity contribution in [3.05, 3.63) is 41.2 Å². The maximum absolute atomic E-state index is 5.86. The van der Waals surface area contributed by atoms with Crippen LogP contribution < -0.4 is 5.73 Å². The first kappa shape index (κ1) is 12.6. The zero-order valence-corrected chi connectivity index (χ0v) is 11.2. The van der Waals surface area contributed by atoms with E-state index in [9.17, 15) is 0 Å². The fourth-order valence-electron chi connectivity index (χ4n) is 2.09. The standard InChI is InChI=1S/C15H19N3/c1-4-5-15-17-13(9-14(16)18-15)12-7-6-10(2)8-11(12)3/h6-9H,4-5H2,1-3H3,(H2,16,17,18). The molecule has 2 rings (SSSR count). The van der Waals surface area contributed by atoms with Crippen molar-refractivity contribution < 1.29 is 0 Å². The second-order valence-corrected chi connectivity index (χ2v) is 4.66. The van der Waals surface area contributed by atoms with Crippen LogP contribution in [0.2, 0.25) is 0 Å². The predicted octanol–water partition coefficient (Wildman–Crippen LogP) is 3.30. The van der Waals surface area contributed by atoms with Gasteiger partial charge in [-0.1, -0.05) is 30.7 Å². The lowest BCUT2D eigenvalue weighted by atomic mass is 10.0. The highest BCUT2D eigenvalue weighted by Crippen LogP contribution is 2.23. The molecule has 94 valence electrons. The molecule has 0 atom stereocenters. The van der Waals surface area contributed by atoms with Crippen LogP contribution >= 0.6 is 0 Å². The molecule has 2 N–H and O–H groups in total. The molecule has 0 aliphatic rings. The molecule has 3 heteroatoms. The first-order valence-electron chi connectivity index (χ1n) is 6.31. The fraction of sp³-hybridized carbons (Fsp3) is 0.333. The third-order valence-electron chi connectivity index (χ3n) is 2.92. The minimum absolute atomic E-state index is 0.545. The van der Waals surface area contributed by atoms with Gasteiger partial charge in [0.25, 0.3) is 0 Å². The van der Waals surface area contributed by atoms with Crippen molar-refractivity contribution in [1.82, 2.24) is 9.97 Å². The Kier molecular flexibility index (Phi) is 3.60. The third kappa shape index (κ3) is 2.67. The van der Waals surface area contributed by atoms with Crippen molar-refractivity contribution in [3.8, 4) is 11.3 Å². The topological polar surface area (TPSA) is 51.8 Å². The highest BCUT2D eigenvalue weighted by Gasteiger charge is 2.07. The molecule has 1 aromatic carbocycles. The van der Waals surface area contributed by atoms with Crippen LogP contribution in [0, 0.1) is 13.8 Å². The Bertz CT molecular complexity index is 562. The van der Waals surface area contributed by atoms with E-state index in [1.807, 2.05) is 6.07 Å². The van der Waals surface area contributed by atoms with Crippen molar-refractivity contribution in [2.24, 2.45) is 0 Å². The van der Waals surface area contributed by atoms with E-state index >= 15 is 0 Å². The average Bonchev–Trinajstić information content (AvgIpc) is 2.28. The summed E-state index contributed by atoms with van der Waals surface area (Å²) in [6, 6.07) is 8.20. The van der Waals surface area contributed by atoms with E-state index in [0.29, 0.717) is 5.82 Å². The molecule has 0 radical (unpaired) electrons. The van der Waals surface area contributed by atoms with Gasteiger partial charge in [0.05, 0.1) is 5.69 Å². The molecule has 1 aromatic heterocycles. The molecule has 0 aliphatic carbocycles. The Hall–Kier alpha value is -1.90. The largest absolute Gasteiger partial charge is 0.384 e. The SMILES string of the molecule is CCCc1nc(N)cc(-c2ccc(C)cc2C)n1. The van der Waals surface area contributed by atoms with Crippen LogP contribution in [0.15, 0.2) is 24.3 Å². The molecule has 0 saturated carbocycles. The molecule has 2 aromatic rings. The van der Waals surface area contributed by atoms with Crippen LogP contribution in [-0.2, 0) is 6.42 Å². The summed E-state index contributed by atoms with van der Waals surface area (Å²) in [7, 11) is 0. The van der Waals surface area contributed by atoms with Gasteiger partial charge in [-0.25, -0.2) is 9.97 Å². The second kappa shape index (κ2) is 5.17. The van der Waals surface area contributed by atoms with Crippen molar-refractivity contribution in [3.63, 3.8) is 0 Å². The lowest BCUT2D eigenvalue weighted by Gasteiger charge is -2.08. The van der Waals surface area contributed by atoms with E-state index < -0.39 is 0 Å². The number of aryl methyl sites for hydroxylation is 3. The maximum Gasteiger partial charge on any atom is 0.131 e. The van der Waals surface area contributed by atoms with E-state index in [1.54, 1.807) is 0 Å². The molecule has 0 fully saturated rings. The third-order valence-corrected chi connectivity index (χ3v) is 2.92. The van der Waals surface area contributed by atoms with Crippen molar-refractivity contribution in [2.45, 2.75) is 33.6 Å². The number of nitrogen functional groups attached to an aromatic ring is 1. The van der Waals surface area contributed by atoms with E-state index in [0.717, 1.165) is 29.9 Å². The number of benzene rings is 1. The van der Waals surface area contributed by atoms with Gasteiger partial charge < -0.3 is 5.73 Å². The summed E-state index contributed by atoms with van der Waals surface area (Å²) in [6.45, 7) is 6.30. The monoisotopic (exact) mass is 241 g/mol. The summed E-state index contributed by atoms with van der Waals surface area (Å²) in [5.41, 5.74) is 10.4. The van der Waals surface area contributed by atoms with E-state index in [-0.39, 0.29) is 0 Å². The Morgan fingerprint density at radius 3 is 2.56 bits per heavy atom. The summed E-state index contributed by atoms with van der Waals surface area (Å²) in [5, 5.41) is 0. The van der Waals surface area contributed by atoms with Crippen LogP contribution in [0.5, 0.6) is 0 Å². The number of hydrogen-bond donors (Lipinski definition) is 1. The van der Waals surface area contributed by atoms with Gasteiger partial charge in [-0.05, 0) is 25.8 Å². The van der Waals surface area contributed by atoms with E-state index in [2.05, 4.69) is 48.9 Å². The highest BCUT2D eigenvalue weighted by atomic mass is 14.9. The molecule has 0 spiro atoms. The Labute approximate surface area is 108 Å². The van der Waals surface area contributed by atoms with Gasteiger partial charge in [0.1, 0.15) is 11.6 Å². The minimum Gasteiger partial charge on any atom is -0.384 e. The lowest BCUT2D eigenvalue weighted by molar-refractivity contribution is 0.839. The molecule has 0 aliphatic heterocycles. The van der Waals surface area contributed by atoms with Gasteiger partial charge in [0, 0.05) is 18.1 Å². The molecule has 0 amide bonds. The zero-order valence-electron chi connectivity index (χ0n) is 11.2. The minimum atomic E-state index is 0.545. The van der Waals surface area contributed by atoms with Crippen LogP contribution in [0.3, 0.4) is 0 Å². The zero-order chi connectivity index (χ0) is 13.1. The van der Waals surface area contributed by atoms with Crippen molar-refractivity contribution in [1.29, 1.82) is 0 Å². The molecule has 0 saturated heterocycles. The van der Waals surface area contributed by atoms with Gasteiger partial charge >= 0.3 is 0 Å². The summed E-state index contributed by atoms with van der Waals surface area (Å²) in [6.07, 6.45) is 1.89. The molecule has 0 bridgehead atoms. The first-order chi connectivity index (χ1) is 8.60. The highest BCUT2D eigenvalue weighted by molar-refractivity contribution is 5.66. The number of nitrogens with zero attached hydrogens (tertiary/aromatic N) is 2. The molecule has 18 heavy (non-hydrogen) atoms. The van der Waals surface area contributed by atoms with Crippen LogP contribution in [0.4, 0.5) is 5.82 Å². The quantitative estimate of drug-likeness (QED) is 0.897. The lowest BCUT2D eigenvalue weighted by Crippen LogP contribution is -2.01. The summed E-state index contributed by atoms with van der Waals surface area (Å²) in [4.78, 5) is 8.86. The van der Waals surface area contributed by atoms with Crippen molar-refractivity contribution in [2.75, 3.05) is 5.73 Å².